The van der Waals surface area contributed by atoms with Crippen LogP contribution in [0.1, 0.15) is 20.3 Å². The quantitative estimate of drug-likeness (QED) is 0.470. The molecule has 0 atom stereocenters. The fourth-order valence-corrected chi connectivity index (χ4v) is 0.987. The first-order valence-corrected chi connectivity index (χ1v) is 3.89. The Balaban J connectivity index is 2.83. The lowest BCUT2D eigenvalue weighted by atomic mass is 10.5. The molecule has 0 aliphatic carbocycles. The minimum Gasteiger partial charge on any atom is -0.332 e. The van der Waals surface area contributed by atoms with Crippen molar-refractivity contribution in [3.63, 3.8) is 0 Å². The number of hydrogen-bond donors (Lipinski definition) is 0. The summed E-state index contributed by atoms with van der Waals surface area (Å²) in [4.78, 5) is 0. The summed E-state index contributed by atoms with van der Waals surface area (Å²) in [5.74, 6) is 0. The van der Waals surface area contributed by atoms with Gasteiger partial charge in [-0.2, -0.15) is 0 Å². The maximum Gasteiger partial charge on any atom is 0.0784 e. The fraction of sp³-hybridized carbons (Fsp3) is 1.00. The van der Waals surface area contributed by atoms with Crippen LogP contribution in [-0.4, -0.2) is 28.1 Å². The molecular weight excluding hydrogens is 102 g/mol. The highest BCUT2D eigenvalue weighted by atomic mass is 28.2. The van der Waals surface area contributed by atoms with Crippen LogP contribution in [-0.2, 0) is 0 Å². The Labute approximate surface area is 49.2 Å². The molecule has 0 spiro atoms. The zero-order valence-electron chi connectivity index (χ0n) is 5.57. The maximum absolute atomic E-state index is 2.44. The maximum atomic E-state index is 2.44. The smallest absolute Gasteiger partial charge is 0.0784 e. The SMILES string of the molecule is CCCN([SiH3])CC. The summed E-state index contributed by atoms with van der Waals surface area (Å²) in [5, 5.41) is 0. The van der Waals surface area contributed by atoms with E-state index in [4.69, 9.17) is 0 Å². The fourth-order valence-electron chi connectivity index (χ4n) is 0.540. The van der Waals surface area contributed by atoms with Crippen molar-refractivity contribution in [1.29, 1.82) is 0 Å². The minimum atomic E-state index is 1.23. The second-order valence-corrected chi connectivity index (χ2v) is 3.16. The van der Waals surface area contributed by atoms with E-state index in [1.807, 2.05) is 0 Å². The highest BCUT2D eigenvalue weighted by Crippen LogP contribution is 1.80. The van der Waals surface area contributed by atoms with E-state index in [1.54, 1.807) is 0 Å². The van der Waals surface area contributed by atoms with Crippen LogP contribution < -0.4 is 0 Å². The molecule has 0 aliphatic rings. The van der Waals surface area contributed by atoms with Crippen molar-refractivity contribution in [3.05, 3.63) is 0 Å². The predicted octanol–water partition coefficient (Wildman–Crippen LogP) is -0.00130. The lowest BCUT2D eigenvalue weighted by Gasteiger charge is -2.10. The van der Waals surface area contributed by atoms with Crippen LogP contribution in [0.3, 0.4) is 0 Å². The molecule has 2 heteroatoms. The summed E-state index contributed by atoms with van der Waals surface area (Å²) < 4.78 is 2.44. The van der Waals surface area contributed by atoms with Gasteiger partial charge in [-0.15, -0.1) is 0 Å². The average Bonchev–Trinajstić information content (AvgIpc) is 1.68. The lowest BCUT2D eigenvalue weighted by Crippen LogP contribution is -2.19. The average molecular weight is 117 g/mol. The third-order valence-electron chi connectivity index (χ3n) is 1.15. The topological polar surface area (TPSA) is 3.24 Å². The van der Waals surface area contributed by atoms with Crippen molar-refractivity contribution in [1.82, 2.24) is 4.57 Å². The third kappa shape index (κ3) is 4.02. The van der Waals surface area contributed by atoms with Crippen LogP contribution >= 0.6 is 0 Å². The van der Waals surface area contributed by atoms with Crippen LogP contribution in [0.2, 0.25) is 0 Å². The molecule has 0 unspecified atom stereocenters. The van der Waals surface area contributed by atoms with Crippen molar-refractivity contribution in [2.45, 2.75) is 20.3 Å². The normalized spacial score (nSPS) is 10.7. The molecule has 0 aliphatic heterocycles. The molecule has 0 fully saturated rings. The van der Waals surface area contributed by atoms with Gasteiger partial charge in [0.05, 0.1) is 10.4 Å². The Bertz CT molecular complexity index is 39.1. The van der Waals surface area contributed by atoms with E-state index >= 15 is 0 Å². The van der Waals surface area contributed by atoms with Crippen molar-refractivity contribution in [2.75, 3.05) is 13.1 Å². The van der Waals surface area contributed by atoms with E-state index in [1.165, 1.54) is 29.9 Å². The minimum absolute atomic E-state index is 1.23. The van der Waals surface area contributed by atoms with Crippen LogP contribution in [0, 0.1) is 0 Å². The van der Waals surface area contributed by atoms with E-state index < -0.39 is 0 Å². The van der Waals surface area contributed by atoms with Gasteiger partial charge >= 0.3 is 0 Å². The van der Waals surface area contributed by atoms with Gasteiger partial charge in [-0.25, -0.2) is 0 Å². The molecule has 0 N–H and O–H groups in total. The van der Waals surface area contributed by atoms with E-state index in [0.29, 0.717) is 0 Å². The molecule has 1 nitrogen and oxygen atoms in total. The summed E-state index contributed by atoms with van der Waals surface area (Å²) in [6.45, 7) is 6.96. The van der Waals surface area contributed by atoms with Crippen molar-refractivity contribution in [3.8, 4) is 0 Å². The lowest BCUT2D eigenvalue weighted by molar-refractivity contribution is 0.476. The molecule has 0 saturated carbocycles. The predicted molar refractivity (Wildman–Crippen MR) is 37.5 cm³/mol. The van der Waals surface area contributed by atoms with Gasteiger partial charge < -0.3 is 4.57 Å². The van der Waals surface area contributed by atoms with Crippen LogP contribution in [0.4, 0.5) is 0 Å². The third-order valence-corrected chi connectivity index (χ3v) is 2.22. The molecule has 0 aromatic rings. The molecular formula is C5H15NSi. The molecule has 0 aromatic carbocycles. The van der Waals surface area contributed by atoms with E-state index in [9.17, 15) is 0 Å². The summed E-state index contributed by atoms with van der Waals surface area (Å²) in [6, 6.07) is 0. The Morgan fingerprint density at radius 2 is 2.00 bits per heavy atom. The first-order valence-electron chi connectivity index (χ1n) is 2.99. The standard InChI is InChI=1S/C5H15NSi/c1-3-5-6(7)4-2/h3-5H2,1-2,7H3. The molecule has 0 aromatic heterocycles. The molecule has 0 saturated heterocycles. The zero-order valence-corrected chi connectivity index (χ0v) is 7.57. The summed E-state index contributed by atoms with van der Waals surface area (Å²) >= 11 is 0. The Kier molecular flexibility index (Phi) is 4.45. The molecule has 0 heterocycles. The largest absolute Gasteiger partial charge is 0.332 e. The van der Waals surface area contributed by atoms with Gasteiger partial charge in [0.25, 0.3) is 0 Å². The highest BCUT2D eigenvalue weighted by molar-refractivity contribution is 6.04. The van der Waals surface area contributed by atoms with Gasteiger partial charge in [0.2, 0.25) is 0 Å². The van der Waals surface area contributed by atoms with Gasteiger partial charge in [-0.3, -0.25) is 0 Å². The van der Waals surface area contributed by atoms with Gasteiger partial charge in [0, 0.05) is 0 Å². The van der Waals surface area contributed by atoms with Gasteiger partial charge in [-0.1, -0.05) is 13.8 Å². The molecule has 0 amide bonds. The second kappa shape index (κ2) is 4.34. The number of hydrogen-bond acceptors (Lipinski definition) is 1. The second-order valence-electron chi connectivity index (χ2n) is 1.90. The highest BCUT2D eigenvalue weighted by Gasteiger charge is 1.86. The summed E-state index contributed by atoms with van der Waals surface area (Å²) in [6.07, 6.45) is 1.30. The zero-order chi connectivity index (χ0) is 5.70. The monoisotopic (exact) mass is 117 g/mol. The Hall–Kier alpha value is 0.177. The van der Waals surface area contributed by atoms with Crippen molar-refractivity contribution >= 4 is 10.4 Å². The summed E-state index contributed by atoms with van der Waals surface area (Å²) in [7, 11) is 1.23. The summed E-state index contributed by atoms with van der Waals surface area (Å²) in [5.41, 5.74) is 0. The van der Waals surface area contributed by atoms with Gasteiger partial charge in [0.1, 0.15) is 0 Å². The van der Waals surface area contributed by atoms with Crippen molar-refractivity contribution < 1.29 is 0 Å². The molecule has 0 bridgehead atoms. The number of nitrogens with zero attached hydrogens (tertiary/aromatic N) is 1. The molecule has 7 heavy (non-hydrogen) atoms. The first kappa shape index (κ1) is 7.18. The van der Waals surface area contributed by atoms with Crippen LogP contribution in [0.25, 0.3) is 0 Å². The Morgan fingerprint density at radius 1 is 1.43 bits per heavy atom. The van der Waals surface area contributed by atoms with E-state index in [2.05, 4.69) is 18.4 Å². The molecule has 44 valence electrons. The first-order chi connectivity index (χ1) is 3.31. The van der Waals surface area contributed by atoms with Crippen molar-refractivity contribution in [2.24, 2.45) is 0 Å². The Morgan fingerprint density at radius 3 is 2.14 bits per heavy atom. The van der Waals surface area contributed by atoms with E-state index in [0.717, 1.165) is 0 Å². The molecule has 0 radical (unpaired) electrons. The number of rotatable bonds is 3. The van der Waals surface area contributed by atoms with Gasteiger partial charge in [0.15, 0.2) is 0 Å². The van der Waals surface area contributed by atoms with E-state index in [-0.39, 0.29) is 0 Å². The van der Waals surface area contributed by atoms with Crippen LogP contribution in [0.5, 0.6) is 0 Å². The van der Waals surface area contributed by atoms with Gasteiger partial charge in [-0.05, 0) is 19.5 Å². The molecule has 0 rings (SSSR count). The van der Waals surface area contributed by atoms with Crippen LogP contribution in [0.15, 0.2) is 0 Å².